The molecule has 3 nitrogen and oxygen atoms in total. The van der Waals surface area contributed by atoms with Gasteiger partial charge in [-0.05, 0) is 42.3 Å². The average molecular weight is 306 g/mol. The van der Waals surface area contributed by atoms with E-state index in [0.717, 1.165) is 15.6 Å². The van der Waals surface area contributed by atoms with Gasteiger partial charge in [-0.1, -0.05) is 28.1 Å². The SMILES string of the molecule is CCOC(=O)c1cc(-c2ccc(Br)cc2)ccn1. The van der Waals surface area contributed by atoms with E-state index in [1.165, 1.54) is 0 Å². The molecule has 0 fully saturated rings. The van der Waals surface area contributed by atoms with Crippen molar-refractivity contribution in [3.05, 3.63) is 52.8 Å². The third kappa shape index (κ3) is 2.96. The van der Waals surface area contributed by atoms with E-state index >= 15 is 0 Å². The average Bonchev–Trinajstić information content (AvgIpc) is 2.40. The first-order valence-corrected chi connectivity index (χ1v) is 6.39. The highest BCUT2D eigenvalue weighted by atomic mass is 79.9. The van der Waals surface area contributed by atoms with Gasteiger partial charge in [0.2, 0.25) is 0 Å². The van der Waals surface area contributed by atoms with Gasteiger partial charge in [0.25, 0.3) is 0 Å². The fraction of sp³-hybridized carbons (Fsp3) is 0.143. The molecule has 2 aromatic rings. The van der Waals surface area contributed by atoms with Crippen molar-refractivity contribution in [2.45, 2.75) is 6.92 Å². The van der Waals surface area contributed by atoms with Crippen molar-refractivity contribution in [1.29, 1.82) is 0 Å². The quantitative estimate of drug-likeness (QED) is 0.812. The summed E-state index contributed by atoms with van der Waals surface area (Å²) in [7, 11) is 0. The summed E-state index contributed by atoms with van der Waals surface area (Å²) >= 11 is 3.39. The molecule has 1 heterocycles. The van der Waals surface area contributed by atoms with Crippen LogP contribution in [0.4, 0.5) is 0 Å². The molecule has 0 atom stereocenters. The summed E-state index contributed by atoms with van der Waals surface area (Å²) in [6.07, 6.45) is 1.61. The smallest absolute Gasteiger partial charge is 0.356 e. The number of aromatic nitrogens is 1. The van der Waals surface area contributed by atoms with E-state index in [1.807, 2.05) is 30.3 Å². The van der Waals surface area contributed by atoms with E-state index < -0.39 is 5.97 Å². The highest BCUT2D eigenvalue weighted by Gasteiger charge is 2.09. The number of rotatable bonds is 3. The Morgan fingerprint density at radius 3 is 2.61 bits per heavy atom. The highest BCUT2D eigenvalue weighted by Crippen LogP contribution is 2.22. The lowest BCUT2D eigenvalue weighted by Crippen LogP contribution is -2.06. The highest BCUT2D eigenvalue weighted by molar-refractivity contribution is 9.10. The fourth-order valence-electron chi connectivity index (χ4n) is 1.57. The molecule has 1 aromatic carbocycles. The monoisotopic (exact) mass is 305 g/mol. The van der Waals surface area contributed by atoms with E-state index in [2.05, 4.69) is 20.9 Å². The van der Waals surface area contributed by atoms with Crippen molar-refractivity contribution in [2.24, 2.45) is 0 Å². The first-order chi connectivity index (χ1) is 8.70. The van der Waals surface area contributed by atoms with Crippen molar-refractivity contribution < 1.29 is 9.53 Å². The van der Waals surface area contributed by atoms with E-state index in [0.29, 0.717) is 12.3 Å². The predicted octanol–water partition coefficient (Wildman–Crippen LogP) is 3.69. The lowest BCUT2D eigenvalue weighted by molar-refractivity contribution is 0.0519. The number of hydrogen-bond donors (Lipinski definition) is 0. The topological polar surface area (TPSA) is 39.2 Å². The Kier molecular flexibility index (Phi) is 4.10. The number of ether oxygens (including phenoxy) is 1. The molecular formula is C14H12BrNO2. The number of pyridine rings is 1. The molecule has 0 N–H and O–H groups in total. The zero-order valence-electron chi connectivity index (χ0n) is 9.89. The molecule has 18 heavy (non-hydrogen) atoms. The lowest BCUT2D eigenvalue weighted by Gasteiger charge is -2.04. The maximum atomic E-state index is 11.6. The van der Waals surface area contributed by atoms with Crippen molar-refractivity contribution in [1.82, 2.24) is 4.98 Å². The Hall–Kier alpha value is -1.68. The van der Waals surface area contributed by atoms with Crippen LogP contribution in [0.2, 0.25) is 0 Å². The standard InChI is InChI=1S/C14H12BrNO2/c1-2-18-14(17)13-9-11(7-8-16-13)10-3-5-12(15)6-4-10/h3-9H,2H2,1H3. The molecule has 0 aliphatic heterocycles. The fourth-order valence-corrected chi connectivity index (χ4v) is 1.83. The predicted molar refractivity (Wildman–Crippen MR) is 73.3 cm³/mol. The summed E-state index contributed by atoms with van der Waals surface area (Å²) in [5.74, 6) is -0.392. The molecule has 0 amide bonds. The van der Waals surface area contributed by atoms with E-state index in [-0.39, 0.29) is 0 Å². The number of carbonyl (C=O) groups is 1. The minimum Gasteiger partial charge on any atom is -0.461 e. The zero-order valence-corrected chi connectivity index (χ0v) is 11.5. The van der Waals surface area contributed by atoms with Gasteiger partial charge < -0.3 is 4.74 Å². The summed E-state index contributed by atoms with van der Waals surface area (Å²) < 4.78 is 5.95. The van der Waals surface area contributed by atoms with Crippen LogP contribution < -0.4 is 0 Å². The van der Waals surface area contributed by atoms with Crippen LogP contribution in [0.3, 0.4) is 0 Å². The molecule has 0 radical (unpaired) electrons. The Labute approximate surface area is 114 Å². The Morgan fingerprint density at radius 1 is 1.22 bits per heavy atom. The largest absolute Gasteiger partial charge is 0.461 e. The molecule has 92 valence electrons. The normalized spacial score (nSPS) is 10.1. The van der Waals surface area contributed by atoms with Crippen LogP contribution in [0.25, 0.3) is 11.1 Å². The maximum Gasteiger partial charge on any atom is 0.356 e. The van der Waals surface area contributed by atoms with Crippen LogP contribution in [0.1, 0.15) is 17.4 Å². The first-order valence-electron chi connectivity index (χ1n) is 5.60. The van der Waals surface area contributed by atoms with Crippen LogP contribution in [0.5, 0.6) is 0 Å². The summed E-state index contributed by atoms with van der Waals surface area (Å²) in [5, 5.41) is 0. The Bertz CT molecular complexity index is 552. The van der Waals surface area contributed by atoms with Gasteiger partial charge in [0.1, 0.15) is 5.69 Å². The number of carbonyl (C=O) groups excluding carboxylic acids is 1. The number of benzene rings is 1. The molecule has 0 saturated heterocycles. The molecule has 0 saturated carbocycles. The van der Waals surface area contributed by atoms with Crippen LogP contribution in [0, 0.1) is 0 Å². The van der Waals surface area contributed by atoms with Crippen LogP contribution in [-0.2, 0) is 4.74 Å². The molecule has 0 unspecified atom stereocenters. The Morgan fingerprint density at radius 2 is 1.94 bits per heavy atom. The van der Waals surface area contributed by atoms with Crippen LogP contribution in [0.15, 0.2) is 47.1 Å². The minimum absolute atomic E-state index is 0.331. The molecule has 0 aliphatic carbocycles. The van der Waals surface area contributed by atoms with Gasteiger partial charge in [-0.3, -0.25) is 0 Å². The number of halogens is 1. The summed E-state index contributed by atoms with van der Waals surface area (Å²) in [4.78, 5) is 15.6. The second kappa shape index (κ2) is 5.78. The molecule has 0 aliphatic rings. The van der Waals surface area contributed by atoms with Crippen LogP contribution >= 0.6 is 15.9 Å². The van der Waals surface area contributed by atoms with Gasteiger partial charge in [0.15, 0.2) is 0 Å². The van der Waals surface area contributed by atoms with Gasteiger partial charge in [0.05, 0.1) is 6.61 Å². The van der Waals surface area contributed by atoms with Gasteiger partial charge in [-0.25, -0.2) is 9.78 Å². The zero-order chi connectivity index (χ0) is 13.0. The third-order valence-electron chi connectivity index (χ3n) is 2.42. The third-order valence-corrected chi connectivity index (χ3v) is 2.95. The maximum absolute atomic E-state index is 11.6. The van der Waals surface area contributed by atoms with E-state index in [1.54, 1.807) is 19.2 Å². The van der Waals surface area contributed by atoms with Crippen molar-refractivity contribution in [2.75, 3.05) is 6.61 Å². The second-order valence-electron chi connectivity index (χ2n) is 3.66. The van der Waals surface area contributed by atoms with E-state index in [9.17, 15) is 4.79 Å². The van der Waals surface area contributed by atoms with Crippen molar-refractivity contribution in [3.8, 4) is 11.1 Å². The van der Waals surface area contributed by atoms with Crippen molar-refractivity contribution >= 4 is 21.9 Å². The molecule has 2 rings (SSSR count). The first kappa shape index (κ1) is 12.8. The summed E-state index contributed by atoms with van der Waals surface area (Å²) in [6.45, 7) is 2.12. The second-order valence-corrected chi connectivity index (χ2v) is 4.57. The van der Waals surface area contributed by atoms with Gasteiger partial charge in [-0.15, -0.1) is 0 Å². The Balaban J connectivity index is 2.32. The number of esters is 1. The lowest BCUT2D eigenvalue weighted by atomic mass is 10.1. The molecule has 4 heteroatoms. The summed E-state index contributed by atoms with van der Waals surface area (Å²) in [6, 6.07) is 11.5. The van der Waals surface area contributed by atoms with Crippen LogP contribution in [-0.4, -0.2) is 17.6 Å². The van der Waals surface area contributed by atoms with Crippen molar-refractivity contribution in [3.63, 3.8) is 0 Å². The molecule has 0 spiro atoms. The van der Waals surface area contributed by atoms with Gasteiger partial charge in [0, 0.05) is 10.7 Å². The number of nitrogens with zero attached hydrogens (tertiary/aromatic N) is 1. The number of hydrogen-bond acceptors (Lipinski definition) is 3. The molecular weight excluding hydrogens is 294 g/mol. The van der Waals surface area contributed by atoms with Gasteiger partial charge in [-0.2, -0.15) is 0 Å². The minimum atomic E-state index is -0.392. The summed E-state index contributed by atoms with van der Waals surface area (Å²) in [5.41, 5.74) is 2.31. The molecule has 0 bridgehead atoms. The van der Waals surface area contributed by atoms with E-state index in [4.69, 9.17) is 4.74 Å². The van der Waals surface area contributed by atoms with Gasteiger partial charge >= 0.3 is 5.97 Å². The molecule has 1 aromatic heterocycles.